The van der Waals surface area contributed by atoms with E-state index in [1.165, 1.54) is 20.8 Å². The number of ketones is 1. The van der Waals surface area contributed by atoms with E-state index in [2.05, 4.69) is 0 Å². The number of nitro groups is 2. The van der Waals surface area contributed by atoms with Gasteiger partial charge >= 0.3 is 11.7 Å². The summed E-state index contributed by atoms with van der Waals surface area (Å²) in [4.78, 5) is 44.1. The molecule has 0 bridgehead atoms. The average molecular weight is 342 g/mol. The van der Waals surface area contributed by atoms with E-state index < -0.39 is 56.2 Å². The lowest BCUT2D eigenvalue weighted by atomic mass is 9.87. The number of esters is 1. The Hall–Kier alpha value is -2.91. The van der Waals surface area contributed by atoms with Crippen LogP contribution in [0.2, 0.25) is 0 Å². The van der Waals surface area contributed by atoms with Crippen molar-refractivity contribution in [3.63, 3.8) is 0 Å². The third-order valence-electron chi connectivity index (χ3n) is 3.18. The van der Waals surface area contributed by atoms with E-state index in [1.807, 2.05) is 0 Å². The van der Waals surface area contributed by atoms with E-state index in [0.29, 0.717) is 12.1 Å². The molecule has 0 spiro atoms. The molecule has 1 atom stereocenters. The zero-order valence-corrected chi connectivity index (χ0v) is 13.1. The van der Waals surface area contributed by atoms with E-state index in [1.54, 1.807) is 0 Å². The van der Waals surface area contributed by atoms with Gasteiger partial charge in [-0.25, -0.2) is 0 Å². The standard InChI is InChI=1S/C14H15FN2O7/c1-4-24-14(19)12(13(18)7(2)3)8-5-9(15)11(17(22)23)6-10(8)16(20)21/h5-7,12H,4H2,1-3H3. The Bertz CT molecular complexity index is 703. The lowest BCUT2D eigenvalue weighted by molar-refractivity contribution is -0.396. The number of carbonyl (C=O) groups excluding carboxylic acids is 2. The molecule has 10 heteroatoms. The third kappa shape index (κ3) is 3.89. The number of hydrogen-bond donors (Lipinski definition) is 0. The Morgan fingerprint density at radius 2 is 1.71 bits per heavy atom. The van der Waals surface area contributed by atoms with Crippen LogP contribution in [-0.2, 0) is 14.3 Å². The predicted octanol–water partition coefficient (Wildman–Crippen LogP) is 2.51. The lowest BCUT2D eigenvalue weighted by Crippen LogP contribution is -2.28. The summed E-state index contributed by atoms with van der Waals surface area (Å²) in [5.74, 6) is -5.61. The molecular formula is C14H15FN2O7. The van der Waals surface area contributed by atoms with Crippen molar-refractivity contribution in [3.8, 4) is 0 Å². The first-order valence-electron chi connectivity index (χ1n) is 6.94. The third-order valence-corrected chi connectivity index (χ3v) is 3.18. The molecule has 0 aliphatic carbocycles. The molecule has 130 valence electrons. The molecule has 0 aromatic heterocycles. The van der Waals surface area contributed by atoms with Gasteiger partial charge in [-0.05, 0) is 13.0 Å². The van der Waals surface area contributed by atoms with Gasteiger partial charge in [0.2, 0.25) is 5.82 Å². The minimum atomic E-state index is -1.74. The van der Waals surface area contributed by atoms with Crippen LogP contribution in [0.1, 0.15) is 32.3 Å². The minimum absolute atomic E-state index is 0.0933. The molecule has 0 radical (unpaired) electrons. The van der Waals surface area contributed by atoms with Gasteiger partial charge in [-0.1, -0.05) is 13.8 Å². The average Bonchev–Trinajstić information content (AvgIpc) is 2.46. The maximum atomic E-state index is 13.9. The number of benzene rings is 1. The first kappa shape index (κ1) is 19.1. The molecule has 0 amide bonds. The number of Topliss-reactive ketones (excluding diaryl/α,β-unsaturated/α-hetero) is 1. The Labute approximate surface area is 135 Å². The predicted molar refractivity (Wildman–Crippen MR) is 78.9 cm³/mol. The maximum Gasteiger partial charge on any atom is 0.321 e. The van der Waals surface area contributed by atoms with Crippen molar-refractivity contribution in [2.45, 2.75) is 26.7 Å². The fourth-order valence-corrected chi connectivity index (χ4v) is 2.05. The molecule has 1 rings (SSSR count). The minimum Gasteiger partial charge on any atom is -0.465 e. The number of ether oxygens (including phenoxy) is 1. The van der Waals surface area contributed by atoms with Crippen LogP contribution in [0.4, 0.5) is 15.8 Å². The molecule has 0 aliphatic heterocycles. The Kier molecular flexibility index (Phi) is 6.04. The maximum absolute atomic E-state index is 13.9. The van der Waals surface area contributed by atoms with E-state index >= 15 is 0 Å². The molecule has 0 fully saturated rings. The summed E-state index contributed by atoms with van der Waals surface area (Å²) < 4.78 is 18.6. The van der Waals surface area contributed by atoms with Crippen molar-refractivity contribution >= 4 is 23.1 Å². The molecule has 1 aromatic rings. The zero-order chi connectivity index (χ0) is 18.6. The number of hydrogen-bond acceptors (Lipinski definition) is 7. The smallest absolute Gasteiger partial charge is 0.321 e. The second kappa shape index (κ2) is 7.57. The van der Waals surface area contributed by atoms with Gasteiger partial charge in [-0.3, -0.25) is 29.8 Å². The summed E-state index contributed by atoms with van der Waals surface area (Å²) in [6.45, 7) is 4.30. The van der Waals surface area contributed by atoms with Crippen LogP contribution < -0.4 is 0 Å². The number of halogens is 1. The van der Waals surface area contributed by atoms with Gasteiger partial charge in [0.15, 0.2) is 5.78 Å². The molecular weight excluding hydrogens is 327 g/mol. The molecule has 9 nitrogen and oxygen atoms in total. The number of rotatable bonds is 7. The highest BCUT2D eigenvalue weighted by Crippen LogP contribution is 2.35. The van der Waals surface area contributed by atoms with Crippen molar-refractivity contribution < 1.29 is 28.6 Å². The molecule has 24 heavy (non-hydrogen) atoms. The highest BCUT2D eigenvalue weighted by molar-refractivity contribution is 6.06. The van der Waals surface area contributed by atoms with Gasteiger partial charge in [0, 0.05) is 5.92 Å². The Morgan fingerprint density at radius 3 is 2.12 bits per heavy atom. The highest BCUT2D eigenvalue weighted by atomic mass is 19.1. The SMILES string of the molecule is CCOC(=O)C(C(=O)C(C)C)c1cc(F)c([N+](=O)[O-])cc1[N+](=O)[O-]. The van der Waals surface area contributed by atoms with Crippen LogP contribution in [0.3, 0.4) is 0 Å². The summed E-state index contributed by atoms with van der Waals surface area (Å²) in [6.07, 6.45) is 0. The van der Waals surface area contributed by atoms with Gasteiger partial charge in [0.1, 0.15) is 5.92 Å². The molecule has 0 heterocycles. The lowest BCUT2D eigenvalue weighted by Gasteiger charge is -2.17. The van der Waals surface area contributed by atoms with Crippen LogP contribution in [0.5, 0.6) is 0 Å². The fraction of sp³-hybridized carbons (Fsp3) is 0.429. The van der Waals surface area contributed by atoms with Gasteiger partial charge in [0.25, 0.3) is 5.69 Å². The van der Waals surface area contributed by atoms with E-state index in [0.717, 1.165) is 0 Å². The fourth-order valence-electron chi connectivity index (χ4n) is 2.05. The topological polar surface area (TPSA) is 130 Å². The molecule has 0 N–H and O–H groups in total. The molecule has 0 saturated heterocycles. The van der Waals surface area contributed by atoms with Gasteiger partial charge in [-0.2, -0.15) is 4.39 Å². The van der Waals surface area contributed by atoms with Gasteiger partial charge in [0.05, 0.1) is 28.1 Å². The van der Waals surface area contributed by atoms with Crippen LogP contribution >= 0.6 is 0 Å². The summed E-state index contributed by atoms with van der Waals surface area (Å²) in [7, 11) is 0. The number of carbonyl (C=O) groups is 2. The van der Waals surface area contributed by atoms with Crippen LogP contribution in [-0.4, -0.2) is 28.2 Å². The first-order chi connectivity index (χ1) is 11.1. The van der Waals surface area contributed by atoms with Crippen molar-refractivity contribution in [3.05, 3.63) is 43.7 Å². The molecule has 0 aliphatic rings. The summed E-state index contributed by atoms with van der Waals surface area (Å²) in [6, 6.07) is 0.864. The second-order valence-corrected chi connectivity index (χ2v) is 5.12. The van der Waals surface area contributed by atoms with Crippen molar-refractivity contribution in [2.24, 2.45) is 5.92 Å². The molecule has 1 unspecified atom stereocenters. The monoisotopic (exact) mass is 342 g/mol. The van der Waals surface area contributed by atoms with Crippen LogP contribution in [0.15, 0.2) is 12.1 Å². The highest BCUT2D eigenvalue weighted by Gasteiger charge is 2.38. The van der Waals surface area contributed by atoms with Crippen molar-refractivity contribution in [2.75, 3.05) is 6.61 Å². The van der Waals surface area contributed by atoms with Crippen molar-refractivity contribution in [1.29, 1.82) is 0 Å². The molecule has 1 aromatic carbocycles. The summed E-state index contributed by atoms with van der Waals surface area (Å²) >= 11 is 0. The molecule has 0 saturated carbocycles. The van der Waals surface area contributed by atoms with Crippen LogP contribution in [0.25, 0.3) is 0 Å². The largest absolute Gasteiger partial charge is 0.465 e. The summed E-state index contributed by atoms with van der Waals surface area (Å²) in [5, 5.41) is 21.9. The van der Waals surface area contributed by atoms with Crippen molar-refractivity contribution in [1.82, 2.24) is 0 Å². The second-order valence-electron chi connectivity index (χ2n) is 5.12. The Morgan fingerprint density at radius 1 is 1.17 bits per heavy atom. The van der Waals surface area contributed by atoms with E-state index in [9.17, 15) is 34.2 Å². The van der Waals surface area contributed by atoms with Crippen LogP contribution in [0, 0.1) is 32.0 Å². The zero-order valence-electron chi connectivity index (χ0n) is 13.1. The number of nitro benzene ring substituents is 2. The van der Waals surface area contributed by atoms with E-state index in [4.69, 9.17) is 4.74 Å². The Balaban J connectivity index is 3.65. The number of nitrogens with zero attached hydrogens (tertiary/aromatic N) is 2. The summed E-state index contributed by atoms with van der Waals surface area (Å²) in [5.41, 5.74) is -2.58. The normalized spacial score (nSPS) is 11.9. The first-order valence-corrected chi connectivity index (χ1v) is 6.94. The van der Waals surface area contributed by atoms with Gasteiger partial charge < -0.3 is 4.74 Å². The van der Waals surface area contributed by atoms with E-state index in [-0.39, 0.29) is 6.61 Å². The quantitative estimate of drug-likeness (QED) is 0.322. The van der Waals surface area contributed by atoms with Gasteiger partial charge in [-0.15, -0.1) is 0 Å².